The summed E-state index contributed by atoms with van der Waals surface area (Å²) in [5, 5.41) is 4.19. The molecule has 1 N–H and O–H groups in total. The number of halogens is 1. The minimum atomic E-state index is -0.348. The topological polar surface area (TPSA) is 51.1 Å². The van der Waals surface area contributed by atoms with E-state index in [1.807, 2.05) is 35.8 Å². The summed E-state index contributed by atoms with van der Waals surface area (Å²) in [4.78, 5) is 25.7. The molecule has 132 valence electrons. The fourth-order valence-corrected chi connectivity index (χ4v) is 3.75. The number of benzene rings is 2. The Morgan fingerprint density at radius 1 is 1.19 bits per heavy atom. The summed E-state index contributed by atoms with van der Waals surface area (Å²) in [5.74, 6) is -0.348. The fourth-order valence-electron chi connectivity index (χ4n) is 3.63. The minimum absolute atomic E-state index is 0.192. The SMILES string of the molecule is CC(NC(=O)c1cn2c3c(cccc3c1=O)CCC2)c1ccc(Cl)cc1. The average molecular weight is 367 g/mol. The molecule has 26 heavy (non-hydrogen) atoms. The Morgan fingerprint density at radius 2 is 1.96 bits per heavy atom. The predicted octanol–water partition coefficient (Wildman–Crippen LogP) is 4.09. The van der Waals surface area contributed by atoms with Crippen molar-refractivity contribution in [3.05, 3.63) is 80.6 Å². The van der Waals surface area contributed by atoms with E-state index < -0.39 is 0 Å². The first-order valence-electron chi connectivity index (χ1n) is 8.76. The molecule has 1 atom stereocenters. The average Bonchev–Trinajstić information content (AvgIpc) is 2.65. The van der Waals surface area contributed by atoms with Gasteiger partial charge in [0.1, 0.15) is 5.56 Å². The molecule has 0 saturated carbocycles. The summed E-state index contributed by atoms with van der Waals surface area (Å²) in [6.07, 6.45) is 3.68. The van der Waals surface area contributed by atoms with Crippen molar-refractivity contribution < 1.29 is 4.79 Å². The van der Waals surface area contributed by atoms with Gasteiger partial charge in [0.15, 0.2) is 0 Å². The Kier molecular flexibility index (Phi) is 4.29. The zero-order valence-electron chi connectivity index (χ0n) is 14.5. The molecule has 1 amide bonds. The van der Waals surface area contributed by atoms with Crippen LogP contribution in [0.25, 0.3) is 10.9 Å². The Bertz CT molecular complexity index is 1050. The van der Waals surface area contributed by atoms with Crippen molar-refractivity contribution in [2.24, 2.45) is 0 Å². The van der Waals surface area contributed by atoms with E-state index in [1.54, 1.807) is 18.3 Å². The summed E-state index contributed by atoms with van der Waals surface area (Å²) < 4.78 is 2.04. The second-order valence-corrected chi connectivity index (χ2v) is 7.17. The highest BCUT2D eigenvalue weighted by Crippen LogP contribution is 2.23. The lowest BCUT2D eigenvalue weighted by Gasteiger charge is -2.21. The quantitative estimate of drug-likeness (QED) is 0.759. The van der Waals surface area contributed by atoms with Crippen LogP contribution in [-0.2, 0) is 13.0 Å². The van der Waals surface area contributed by atoms with Crippen LogP contribution in [0.15, 0.2) is 53.5 Å². The first-order chi connectivity index (χ1) is 12.5. The molecule has 1 aliphatic heterocycles. The smallest absolute Gasteiger partial charge is 0.257 e. The van der Waals surface area contributed by atoms with Gasteiger partial charge in [-0.3, -0.25) is 9.59 Å². The number of aromatic nitrogens is 1. The maximum absolute atomic E-state index is 12.9. The maximum atomic E-state index is 12.9. The summed E-state index contributed by atoms with van der Waals surface area (Å²) in [6, 6.07) is 12.9. The molecule has 4 rings (SSSR count). The van der Waals surface area contributed by atoms with E-state index in [2.05, 4.69) is 11.4 Å². The number of carbonyl (C=O) groups is 1. The van der Waals surface area contributed by atoms with Crippen LogP contribution in [-0.4, -0.2) is 10.5 Å². The van der Waals surface area contributed by atoms with E-state index in [1.165, 1.54) is 5.56 Å². The van der Waals surface area contributed by atoms with Crippen LogP contribution in [0.3, 0.4) is 0 Å². The van der Waals surface area contributed by atoms with Gasteiger partial charge in [-0.15, -0.1) is 0 Å². The number of nitrogens with zero attached hydrogens (tertiary/aromatic N) is 1. The van der Waals surface area contributed by atoms with Gasteiger partial charge in [-0.1, -0.05) is 35.9 Å². The Hall–Kier alpha value is -2.59. The van der Waals surface area contributed by atoms with E-state index in [0.29, 0.717) is 10.4 Å². The minimum Gasteiger partial charge on any atom is -0.346 e. The van der Waals surface area contributed by atoms with Crippen LogP contribution in [0, 0.1) is 0 Å². The van der Waals surface area contributed by atoms with Gasteiger partial charge in [0.25, 0.3) is 5.91 Å². The van der Waals surface area contributed by atoms with E-state index >= 15 is 0 Å². The van der Waals surface area contributed by atoms with E-state index in [9.17, 15) is 9.59 Å². The van der Waals surface area contributed by atoms with Crippen LogP contribution in [0.1, 0.15) is 40.9 Å². The largest absolute Gasteiger partial charge is 0.346 e. The molecular formula is C21H19ClN2O2. The van der Waals surface area contributed by atoms with E-state index in [0.717, 1.165) is 30.5 Å². The molecule has 1 unspecified atom stereocenters. The van der Waals surface area contributed by atoms with Crippen molar-refractivity contribution in [1.29, 1.82) is 0 Å². The number of pyridine rings is 1. The molecule has 0 bridgehead atoms. The molecular weight excluding hydrogens is 348 g/mol. The third-order valence-electron chi connectivity index (χ3n) is 4.99. The lowest BCUT2D eigenvalue weighted by molar-refractivity contribution is 0.0938. The van der Waals surface area contributed by atoms with Crippen LogP contribution in [0.4, 0.5) is 0 Å². The second kappa shape index (κ2) is 6.61. The molecule has 1 aromatic heterocycles. The molecule has 0 radical (unpaired) electrons. The summed E-state index contributed by atoms with van der Waals surface area (Å²) in [5.41, 5.74) is 3.06. The summed E-state index contributed by atoms with van der Waals surface area (Å²) >= 11 is 5.91. The molecule has 2 aromatic carbocycles. The third kappa shape index (κ3) is 2.90. The second-order valence-electron chi connectivity index (χ2n) is 6.73. The van der Waals surface area contributed by atoms with Crippen molar-refractivity contribution in [2.45, 2.75) is 32.4 Å². The van der Waals surface area contributed by atoms with Crippen LogP contribution >= 0.6 is 11.6 Å². The van der Waals surface area contributed by atoms with Gasteiger partial charge in [-0.2, -0.15) is 0 Å². The number of para-hydroxylation sites is 1. The lowest BCUT2D eigenvalue weighted by Crippen LogP contribution is -2.32. The molecule has 3 aromatic rings. The molecule has 0 saturated heterocycles. The highest BCUT2D eigenvalue weighted by atomic mass is 35.5. The number of hydrogen-bond acceptors (Lipinski definition) is 2. The van der Waals surface area contributed by atoms with Crippen LogP contribution in [0.2, 0.25) is 5.02 Å². The van der Waals surface area contributed by atoms with Gasteiger partial charge in [0.05, 0.1) is 11.6 Å². The highest BCUT2D eigenvalue weighted by Gasteiger charge is 2.20. The van der Waals surface area contributed by atoms with E-state index in [-0.39, 0.29) is 22.9 Å². The van der Waals surface area contributed by atoms with Gasteiger partial charge < -0.3 is 9.88 Å². The number of amides is 1. The first-order valence-corrected chi connectivity index (χ1v) is 9.14. The number of aryl methyl sites for hydroxylation is 2. The summed E-state index contributed by atoms with van der Waals surface area (Å²) in [7, 11) is 0. The molecule has 0 fully saturated rings. The van der Waals surface area contributed by atoms with Gasteiger partial charge in [0.2, 0.25) is 5.43 Å². The zero-order valence-corrected chi connectivity index (χ0v) is 15.2. The molecule has 2 heterocycles. The standard InChI is InChI=1S/C21H19ClN2O2/c1-13(14-7-9-16(22)10-8-14)23-21(26)18-12-24-11-3-5-15-4-2-6-17(19(15)24)20(18)25/h2,4,6-10,12-13H,3,5,11H2,1H3,(H,23,26). The Labute approximate surface area is 156 Å². The molecule has 0 aliphatic carbocycles. The predicted molar refractivity (Wildman–Crippen MR) is 104 cm³/mol. The number of carbonyl (C=O) groups excluding carboxylic acids is 1. The summed E-state index contributed by atoms with van der Waals surface area (Å²) in [6.45, 7) is 2.71. The van der Waals surface area contributed by atoms with Crippen molar-refractivity contribution >= 4 is 28.4 Å². The van der Waals surface area contributed by atoms with Crippen molar-refractivity contribution in [3.63, 3.8) is 0 Å². The van der Waals surface area contributed by atoms with Gasteiger partial charge in [0, 0.05) is 23.2 Å². The van der Waals surface area contributed by atoms with Gasteiger partial charge in [-0.05, 0) is 49.1 Å². The molecule has 0 spiro atoms. The number of nitrogens with one attached hydrogen (secondary N) is 1. The third-order valence-corrected chi connectivity index (χ3v) is 5.24. The normalized spacial score (nSPS) is 14.2. The molecule has 4 nitrogen and oxygen atoms in total. The van der Waals surface area contributed by atoms with Gasteiger partial charge in [-0.25, -0.2) is 0 Å². The van der Waals surface area contributed by atoms with Crippen molar-refractivity contribution in [1.82, 2.24) is 9.88 Å². The monoisotopic (exact) mass is 366 g/mol. The van der Waals surface area contributed by atoms with Crippen molar-refractivity contribution in [2.75, 3.05) is 0 Å². The molecule has 5 heteroatoms. The lowest BCUT2D eigenvalue weighted by atomic mass is 9.99. The zero-order chi connectivity index (χ0) is 18.3. The highest BCUT2D eigenvalue weighted by molar-refractivity contribution is 6.30. The Balaban J connectivity index is 1.70. The number of rotatable bonds is 3. The Morgan fingerprint density at radius 3 is 2.73 bits per heavy atom. The molecule has 1 aliphatic rings. The van der Waals surface area contributed by atoms with E-state index in [4.69, 9.17) is 11.6 Å². The van der Waals surface area contributed by atoms with Crippen LogP contribution < -0.4 is 10.7 Å². The van der Waals surface area contributed by atoms with Crippen molar-refractivity contribution in [3.8, 4) is 0 Å². The van der Waals surface area contributed by atoms with Crippen LogP contribution in [0.5, 0.6) is 0 Å². The first kappa shape index (κ1) is 16.9. The fraction of sp³-hybridized carbons (Fsp3) is 0.238. The van der Waals surface area contributed by atoms with Gasteiger partial charge >= 0.3 is 0 Å². The maximum Gasteiger partial charge on any atom is 0.257 e. The number of hydrogen-bond donors (Lipinski definition) is 1.